The fourth-order valence-corrected chi connectivity index (χ4v) is 4.71. The molecule has 0 radical (unpaired) electrons. The van der Waals surface area contributed by atoms with Crippen LogP contribution in [0.3, 0.4) is 0 Å². The van der Waals surface area contributed by atoms with E-state index in [2.05, 4.69) is 10.6 Å². The molecule has 32 heavy (non-hydrogen) atoms. The maximum Gasteiger partial charge on any atom is 0.251 e. The maximum atomic E-state index is 12.4. The Hall–Kier alpha value is -3.11. The molecular formula is C22H25N3O6S. The van der Waals surface area contributed by atoms with Gasteiger partial charge in [0.25, 0.3) is 11.7 Å². The monoisotopic (exact) mass is 459 g/mol. The lowest BCUT2D eigenvalue weighted by atomic mass is 10.2. The molecular weight excluding hydrogens is 434 g/mol. The number of rotatable bonds is 6. The van der Waals surface area contributed by atoms with Crippen molar-refractivity contribution in [3.05, 3.63) is 48.0 Å². The van der Waals surface area contributed by atoms with Crippen LogP contribution in [0.15, 0.2) is 47.4 Å². The van der Waals surface area contributed by atoms with E-state index in [4.69, 9.17) is 9.47 Å². The Kier molecular flexibility index (Phi) is 5.83. The summed E-state index contributed by atoms with van der Waals surface area (Å²) in [4.78, 5) is 24.7. The highest BCUT2D eigenvalue weighted by atomic mass is 32.2. The number of carbonyl (C=O) groups is 2. The number of carbonyl (C=O) groups excluding carboxylic acids is 2. The predicted octanol–water partition coefficient (Wildman–Crippen LogP) is 2.35. The first-order valence-corrected chi connectivity index (χ1v) is 11.8. The Balaban J connectivity index is 1.35. The van der Waals surface area contributed by atoms with E-state index in [1.54, 1.807) is 18.2 Å². The van der Waals surface area contributed by atoms with Crippen LogP contribution in [0, 0.1) is 0 Å². The minimum atomic E-state index is -3.67. The Morgan fingerprint density at radius 3 is 2.47 bits per heavy atom. The summed E-state index contributed by atoms with van der Waals surface area (Å²) in [5.41, 5.74) is 0.673. The van der Waals surface area contributed by atoms with Gasteiger partial charge in [0.1, 0.15) is 0 Å². The average molecular weight is 460 g/mol. The number of hydrogen-bond acceptors (Lipinski definition) is 6. The van der Waals surface area contributed by atoms with Crippen molar-refractivity contribution in [3.63, 3.8) is 0 Å². The summed E-state index contributed by atoms with van der Waals surface area (Å²) in [5.74, 6) is -0.304. The van der Waals surface area contributed by atoms with Crippen molar-refractivity contribution >= 4 is 27.5 Å². The van der Waals surface area contributed by atoms with Crippen LogP contribution in [-0.4, -0.2) is 51.0 Å². The van der Waals surface area contributed by atoms with Gasteiger partial charge in [-0.2, -0.15) is 0 Å². The van der Waals surface area contributed by atoms with Gasteiger partial charge < -0.3 is 20.1 Å². The zero-order chi connectivity index (χ0) is 22.9. The van der Waals surface area contributed by atoms with Crippen LogP contribution in [0.4, 0.5) is 5.69 Å². The third-order valence-corrected chi connectivity index (χ3v) is 7.28. The Labute approximate surface area is 186 Å². The van der Waals surface area contributed by atoms with Gasteiger partial charge in [0.05, 0.1) is 11.4 Å². The summed E-state index contributed by atoms with van der Waals surface area (Å²) in [7, 11) is -0.841. The summed E-state index contributed by atoms with van der Waals surface area (Å²) >= 11 is 0. The van der Waals surface area contributed by atoms with Crippen molar-refractivity contribution < 1.29 is 27.5 Å². The van der Waals surface area contributed by atoms with Gasteiger partial charge in [0.15, 0.2) is 11.5 Å². The van der Waals surface area contributed by atoms with Crippen LogP contribution in [-0.2, 0) is 14.8 Å². The molecule has 2 aromatic carbocycles. The molecule has 0 unspecified atom stereocenters. The second kappa shape index (κ2) is 8.44. The van der Waals surface area contributed by atoms with Crippen molar-refractivity contribution in [2.45, 2.75) is 36.4 Å². The minimum absolute atomic E-state index is 0.00000391. The number of hydrogen-bond donors (Lipinski definition) is 2. The van der Waals surface area contributed by atoms with Gasteiger partial charge in [-0.05, 0) is 43.2 Å². The fourth-order valence-electron chi connectivity index (χ4n) is 3.77. The highest BCUT2D eigenvalue weighted by molar-refractivity contribution is 7.89. The fraction of sp³-hybridized carbons (Fsp3) is 0.364. The van der Waals surface area contributed by atoms with E-state index in [1.165, 1.54) is 38.4 Å². The van der Waals surface area contributed by atoms with Crippen molar-refractivity contribution in [2.24, 2.45) is 0 Å². The van der Waals surface area contributed by atoms with E-state index < -0.39 is 27.6 Å². The third kappa shape index (κ3) is 4.42. The number of nitrogens with one attached hydrogen (secondary N) is 2. The molecule has 9 nitrogen and oxygen atoms in total. The molecule has 2 aliphatic rings. The van der Waals surface area contributed by atoms with Gasteiger partial charge in [-0.25, -0.2) is 12.7 Å². The first kappa shape index (κ1) is 22.1. The second-order valence-corrected chi connectivity index (χ2v) is 10.2. The molecule has 0 bridgehead atoms. The third-order valence-electron chi connectivity index (χ3n) is 5.47. The first-order chi connectivity index (χ1) is 15.2. The topological polar surface area (TPSA) is 114 Å². The average Bonchev–Trinajstić information content (AvgIpc) is 3.37. The standard InChI is InChI=1S/C22H25N3O6S/c1-25(2)32(28,29)17-7-5-6-15(12-17)21(27)23-14-20(26)24-16-8-9-18-19(13-16)31-22(30-18)10-3-4-11-22/h5-9,12-13H,3-4,10-11,14H2,1-2H3,(H,23,27)(H,24,26). The largest absolute Gasteiger partial charge is 0.448 e. The molecule has 10 heteroatoms. The first-order valence-electron chi connectivity index (χ1n) is 10.3. The van der Waals surface area contributed by atoms with E-state index in [0.717, 1.165) is 30.0 Å². The smallest absolute Gasteiger partial charge is 0.251 e. The summed E-state index contributed by atoms with van der Waals surface area (Å²) in [5, 5.41) is 5.22. The van der Waals surface area contributed by atoms with Crippen LogP contribution in [0.5, 0.6) is 11.5 Å². The molecule has 2 amide bonds. The molecule has 4 rings (SSSR count). The number of anilines is 1. The number of nitrogens with zero attached hydrogens (tertiary/aromatic N) is 1. The molecule has 2 aromatic rings. The SMILES string of the molecule is CN(C)S(=O)(=O)c1cccc(C(=O)NCC(=O)Nc2ccc3c(c2)OC2(CCCC2)O3)c1. The molecule has 2 N–H and O–H groups in total. The van der Waals surface area contributed by atoms with Crippen molar-refractivity contribution in [3.8, 4) is 11.5 Å². The molecule has 170 valence electrons. The van der Waals surface area contributed by atoms with Gasteiger partial charge in [-0.1, -0.05) is 6.07 Å². The van der Waals surface area contributed by atoms with Gasteiger partial charge in [-0.15, -0.1) is 0 Å². The predicted molar refractivity (Wildman–Crippen MR) is 117 cm³/mol. The quantitative estimate of drug-likeness (QED) is 0.686. The lowest BCUT2D eigenvalue weighted by molar-refractivity contribution is -0.115. The number of sulfonamides is 1. The van der Waals surface area contributed by atoms with Gasteiger partial charge in [0, 0.05) is 44.3 Å². The lowest BCUT2D eigenvalue weighted by Crippen LogP contribution is -2.34. The zero-order valence-corrected chi connectivity index (χ0v) is 18.7. The van der Waals surface area contributed by atoms with E-state index in [-0.39, 0.29) is 17.0 Å². The van der Waals surface area contributed by atoms with Crippen LogP contribution in [0.25, 0.3) is 0 Å². The number of fused-ring (bicyclic) bond motifs is 1. The Bertz CT molecular complexity index is 1160. The van der Waals surface area contributed by atoms with Crippen molar-refractivity contribution in [1.82, 2.24) is 9.62 Å². The van der Waals surface area contributed by atoms with Gasteiger partial charge >= 0.3 is 0 Å². The van der Waals surface area contributed by atoms with E-state index >= 15 is 0 Å². The number of amides is 2. The van der Waals surface area contributed by atoms with E-state index in [9.17, 15) is 18.0 Å². The van der Waals surface area contributed by atoms with Crippen LogP contribution >= 0.6 is 0 Å². The number of ether oxygens (including phenoxy) is 2. The van der Waals surface area contributed by atoms with Gasteiger partial charge in [-0.3, -0.25) is 9.59 Å². The molecule has 1 aliphatic heterocycles. The highest BCUT2D eigenvalue weighted by Crippen LogP contribution is 2.47. The minimum Gasteiger partial charge on any atom is -0.448 e. The second-order valence-electron chi connectivity index (χ2n) is 8.03. The van der Waals surface area contributed by atoms with Crippen molar-refractivity contribution in [2.75, 3.05) is 26.0 Å². The molecule has 1 fully saturated rings. The summed E-state index contributed by atoms with van der Waals surface area (Å²) in [6.07, 6.45) is 3.79. The number of benzene rings is 2. The van der Waals surface area contributed by atoms with Gasteiger partial charge in [0.2, 0.25) is 15.9 Å². The molecule has 1 spiro atoms. The Morgan fingerprint density at radius 2 is 1.75 bits per heavy atom. The lowest BCUT2D eigenvalue weighted by Gasteiger charge is -2.21. The molecule has 1 saturated carbocycles. The molecule has 0 aromatic heterocycles. The molecule has 0 atom stereocenters. The van der Waals surface area contributed by atoms with Crippen LogP contribution < -0.4 is 20.1 Å². The molecule has 0 saturated heterocycles. The zero-order valence-electron chi connectivity index (χ0n) is 17.9. The van der Waals surface area contributed by atoms with Crippen LogP contribution in [0.1, 0.15) is 36.0 Å². The molecule has 1 heterocycles. The summed E-state index contributed by atoms with van der Waals surface area (Å²) < 4.78 is 37.5. The molecule has 1 aliphatic carbocycles. The highest BCUT2D eigenvalue weighted by Gasteiger charge is 2.44. The summed E-state index contributed by atoms with van der Waals surface area (Å²) in [6.45, 7) is -0.276. The van der Waals surface area contributed by atoms with E-state index in [1.807, 2.05) is 0 Å². The maximum absolute atomic E-state index is 12.4. The van der Waals surface area contributed by atoms with E-state index in [0.29, 0.717) is 17.2 Å². The summed E-state index contributed by atoms with van der Waals surface area (Å²) in [6, 6.07) is 10.8. The van der Waals surface area contributed by atoms with Crippen molar-refractivity contribution in [1.29, 1.82) is 0 Å². The normalized spacial score (nSPS) is 16.3. The van der Waals surface area contributed by atoms with Crippen LogP contribution in [0.2, 0.25) is 0 Å². The Morgan fingerprint density at radius 1 is 1.03 bits per heavy atom.